The summed E-state index contributed by atoms with van der Waals surface area (Å²) < 4.78 is 0. The third-order valence-corrected chi connectivity index (χ3v) is 2.18. The number of nitrogens with two attached hydrogens (primary N) is 1. The molecule has 0 atom stereocenters. The Labute approximate surface area is 76.8 Å². The molecule has 2 rings (SSSR count). The molecule has 2 aromatic rings. The normalized spacial score (nSPS) is 10.5. The van der Waals surface area contributed by atoms with Gasteiger partial charge >= 0.3 is 0 Å². The summed E-state index contributed by atoms with van der Waals surface area (Å²) in [6.07, 6.45) is 0. The number of fused-ring (bicyclic) bond motifs is 1. The van der Waals surface area contributed by atoms with Crippen LogP contribution in [0.1, 0.15) is 5.56 Å². The molecule has 0 heterocycles. The molecule has 2 aromatic carbocycles. The summed E-state index contributed by atoms with van der Waals surface area (Å²) in [5.41, 5.74) is 2.05. The number of hydroxylamine groups is 1. The zero-order valence-electron chi connectivity index (χ0n) is 7.23. The van der Waals surface area contributed by atoms with E-state index < -0.39 is 0 Å². The van der Waals surface area contributed by atoms with E-state index in [-0.39, 0.29) is 0 Å². The van der Waals surface area contributed by atoms with E-state index >= 15 is 0 Å². The van der Waals surface area contributed by atoms with Crippen LogP contribution in [-0.2, 0) is 6.54 Å². The van der Waals surface area contributed by atoms with Crippen LogP contribution in [0.25, 0.3) is 10.8 Å². The summed E-state index contributed by atoms with van der Waals surface area (Å²) in [5.74, 6) is 0. The van der Waals surface area contributed by atoms with Gasteiger partial charge in [-0.3, -0.25) is 0 Å². The van der Waals surface area contributed by atoms with Gasteiger partial charge in [-0.2, -0.15) is 0 Å². The van der Waals surface area contributed by atoms with Gasteiger partial charge < -0.3 is 10.7 Å². The summed E-state index contributed by atoms with van der Waals surface area (Å²) in [4.78, 5) is 0. The predicted molar refractivity (Wildman–Crippen MR) is 52.9 cm³/mol. The molecule has 0 aromatic heterocycles. The minimum absolute atomic E-state index is 0.501. The molecule has 0 aliphatic rings. The minimum atomic E-state index is 0.501. The van der Waals surface area contributed by atoms with E-state index in [4.69, 9.17) is 0 Å². The Hall–Kier alpha value is -1.38. The van der Waals surface area contributed by atoms with Crippen molar-refractivity contribution in [2.24, 2.45) is 0 Å². The fourth-order valence-electron chi connectivity index (χ4n) is 1.56. The Kier molecular flexibility index (Phi) is 2.25. The van der Waals surface area contributed by atoms with Crippen molar-refractivity contribution in [1.82, 2.24) is 0 Å². The monoisotopic (exact) mass is 173 g/mol. The van der Waals surface area contributed by atoms with Crippen LogP contribution < -0.4 is 5.48 Å². The van der Waals surface area contributed by atoms with Crippen molar-refractivity contribution in [3.8, 4) is 0 Å². The fraction of sp³-hybridized carbons (Fsp3) is 0.0909. The third kappa shape index (κ3) is 1.54. The Morgan fingerprint density at radius 3 is 2.62 bits per heavy atom. The van der Waals surface area contributed by atoms with Crippen molar-refractivity contribution in [2.45, 2.75) is 6.54 Å². The lowest BCUT2D eigenvalue weighted by Gasteiger charge is -2.05. The molecule has 0 amide bonds. The summed E-state index contributed by atoms with van der Waals surface area (Å²) in [6, 6.07) is 14.2. The molecule has 0 fully saturated rings. The SMILES string of the molecule is [O-][NH2+]Cc1cccc2ccccc12. The highest BCUT2D eigenvalue weighted by molar-refractivity contribution is 5.85. The zero-order chi connectivity index (χ0) is 9.10. The first-order chi connectivity index (χ1) is 6.42. The molecule has 2 nitrogen and oxygen atoms in total. The first kappa shape index (κ1) is 8.23. The number of quaternary nitrogens is 1. The van der Waals surface area contributed by atoms with E-state index in [1.54, 1.807) is 0 Å². The van der Waals surface area contributed by atoms with Crippen LogP contribution in [0, 0.1) is 5.21 Å². The van der Waals surface area contributed by atoms with E-state index in [9.17, 15) is 5.21 Å². The quantitative estimate of drug-likeness (QED) is 0.685. The highest BCUT2D eigenvalue weighted by Crippen LogP contribution is 2.17. The van der Waals surface area contributed by atoms with E-state index in [0.717, 1.165) is 11.0 Å². The molecule has 2 N–H and O–H groups in total. The van der Waals surface area contributed by atoms with Gasteiger partial charge in [0, 0.05) is 5.56 Å². The lowest BCUT2D eigenvalue weighted by Crippen LogP contribution is -2.75. The summed E-state index contributed by atoms with van der Waals surface area (Å²) in [5, 5.41) is 12.8. The maximum absolute atomic E-state index is 10.4. The van der Waals surface area contributed by atoms with Gasteiger partial charge in [0.05, 0.1) is 0 Å². The first-order valence-electron chi connectivity index (χ1n) is 4.32. The Balaban J connectivity index is 2.61. The molecule has 0 aliphatic carbocycles. The van der Waals surface area contributed by atoms with Gasteiger partial charge in [0.1, 0.15) is 6.54 Å². The average Bonchev–Trinajstić information content (AvgIpc) is 2.19. The van der Waals surface area contributed by atoms with Gasteiger partial charge in [-0.05, 0) is 10.8 Å². The standard InChI is InChI=1S/C11H11NO/c13-12-8-10-6-3-5-9-4-1-2-7-11(9)10/h1-7H,8,12H2. The largest absolute Gasteiger partial charge is 0.636 e. The van der Waals surface area contributed by atoms with E-state index in [2.05, 4.69) is 12.1 Å². The maximum Gasteiger partial charge on any atom is 0.102 e. The summed E-state index contributed by atoms with van der Waals surface area (Å²) >= 11 is 0. The van der Waals surface area contributed by atoms with Crippen LogP contribution in [0.15, 0.2) is 42.5 Å². The van der Waals surface area contributed by atoms with Gasteiger partial charge in [-0.1, -0.05) is 42.5 Å². The fourth-order valence-corrected chi connectivity index (χ4v) is 1.56. The smallest absolute Gasteiger partial charge is 0.102 e. The lowest BCUT2D eigenvalue weighted by molar-refractivity contribution is -0.605. The number of benzene rings is 2. The zero-order valence-corrected chi connectivity index (χ0v) is 7.23. The van der Waals surface area contributed by atoms with E-state index in [1.165, 1.54) is 10.8 Å². The summed E-state index contributed by atoms with van der Waals surface area (Å²) in [7, 11) is 0. The molecule has 66 valence electrons. The molecular weight excluding hydrogens is 162 g/mol. The van der Waals surface area contributed by atoms with Crippen LogP contribution in [-0.4, -0.2) is 0 Å². The predicted octanol–water partition coefficient (Wildman–Crippen LogP) is 1.40. The van der Waals surface area contributed by atoms with Gasteiger partial charge in [0.25, 0.3) is 0 Å². The second kappa shape index (κ2) is 3.56. The van der Waals surface area contributed by atoms with Crippen LogP contribution in [0.3, 0.4) is 0 Å². The number of rotatable bonds is 2. The highest BCUT2D eigenvalue weighted by atomic mass is 16.5. The van der Waals surface area contributed by atoms with Gasteiger partial charge in [0.2, 0.25) is 0 Å². The van der Waals surface area contributed by atoms with E-state index in [0.29, 0.717) is 6.54 Å². The molecular formula is C11H11NO. The van der Waals surface area contributed by atoms with Gasteiger partial charge in [-0.25, -0.2) is 0 Å². The molecule has 0 saturated heterocycles. The van der Waals surface area contributed by atoms with Crippen molar-refractivity contribution >= 4 is 10.8 Å². The molecule has 0 bridgehead atoms. The summed E-state index contributed by atoms with van der Waals surface area (Å²) in [6.45, 7) is 0.501. The Morgan fingerprint density at radius 2 is 1.77 bits per heavy atom. The van der Waals surface area contributed by atoms with Crippen LogP contribution in [0.4, 0.5) is 0 Å². The highest BCUT2D eigenvalue weighted by Gasteiger charge is 1.98. The van der Waals surface area contributed by atoms with Crippen molar-refractivity contribution in [2.75, 3.05) is 0 Å². The van der Waals surface area contributed by atoms with Gasteiger partial charge in [-0.15, -0.1) is 0 Å². The van der Waals surface area contributed by atoms with Crippen molar-refractivity contribution in [3.05, 3.63) is 53.2 Å². The van der Waals surface area contributed by atoms with Crippen molar-refractivity contribution in [1.29, 1.82) is 0 Å². The molecule has 0 unspecified atom stereocenters. The van der Waals surface area contributed by atoms with Crippen molar-refractivity contribution in [3.63, 3.8) is 0 Å². The first-order valence-corrected chi connectivity index (χ1v) is 4.32. The molecule has 13 heavy (non-hydrogen) atoms. The Bertz CT molecular complexity index is 406. The van der Waals surface area contributed by atoms with Crippen LogP contribution >= 0.6 is 0 Å². The van der Waals surface area contributed by atoms with Gasteiger partial charge in [0.15, 0.2) is 0 Å². The lowest BCUT2D eigenvalue weighted by atomic mass is 10.1. The molecule has 0 saturated carbocycles. The minimum Gasteiger partial charge on any atom is -0.636 e. The number of hydrogen-bond acceptors (Lipinski definition) is 1. The second-order valence-corrected chi connectivity index (χ2v) is 3.01. The molecule has 0 radical (unpaired) electrons. The maximum atomic E-state index is 10.4. The molecule has 2 heteroatoms. The second-order valence-electron chi connectivity index (χ2n) is 3.01. The van der Waals surface area contributed by atoms with Crippen LogP contribution in [0.5, 0.6) is 0 Å². The molecule has 0 spiro atoms. The average molecular weight is 173 g/mol. The van der Waals surface area contributed by atoms with E-state index in [1.807, 2.05) is 30.3 Å². The topological polar surface area (TPSA) is 39.7 Å². The van der Waals surface area contributed by atoms with Crippen LogP contribution in [0.2, 0.25) is 0 Å². The molecule has 0 aliphatic heterocycles. The Morgan fingerprint density at radius 1 is 1.00 bits per heavy atom. The third-order valence-electron chi connectivity index (χ3n) is 2.18. The van der Waals surface area contributed by atoms with Crippen molar-refractivity contribution < 1.29 is 5.48 Å². The number of hydrogen-bond donors (Lipinski definition) is 1.